The first kappa shape index (κ1) is 24.8. The molecule has 1 aliphatic rings. The zero-order valence-electron chi connectivity index (χ0n) is 21.1. The third kappa shape index (κ3) is 5.16. The number of nitrogens with zero attached hydrogens (tertiary/aromatic N) is 5. The summed E-state index contributed by atoms with van der Waals surface area (Å²) in [4.78, 5) is 24.5. The van der Waals surface area contributed by atoms with E-state index in [1.54, 1.807) is 17.8 Å². The van der Waals surface area contributed by atoms with Gasteiger partial charge in [0.2, 0.25) is 11.9 Å². The summed E-state index contributed by atoms with van der Waals surface area (Å²) in [5, 5.41) is 11.3. The highest BCUT2D eigenvalue weighted by molar-refractivity contribution is 7.99. The van der Waals surface area contributed by atoms with Crippen molar-refractivity contribution in [1.29, 1.82) is 0 Å². The van der Waals surface area contributed by atoms with Gasteiger partial charge in [-0.3, -0.25) is 4.79 Å². The summed E-state index contributed by atoms with van der Waals surface area (Å²) in [5.74, 6) is 0.984. The molecule has 9 nitrogen and oxygen atoms in total. The lowest BCUT2D eigenvalue weighted by atomic mass is 9.91. The number of methoxy groups -OCH3 is 1. The summed E-state index contributed by atoms with van der Waals surface area (Å²) in [6.07, 6.45) is 4.81. The van der Waals surface area contributed by atoms with Crippen LogP contribution in [0.5, 0.6) is 5.75 Å². The minimum atomic E-state index is -0.262. The smallest absolute Gasteiger partial charge is 0.247 e. The van der Waals surface area contributed by atoms with Gasteiger partial charge >= 0.3 is 0 Å². The molecule has 0 spiro atoms. The van der Waals surface area contributed by atoms with Crippen molar-refractivity contribution in [3.8, 4) is 5.75 Å². The standard InChI is InChI=1S/C27H29N7O2S/c1-5-20-21-11-13-33(3)16-17(21)14-22(36-4)25(20)31-26-30-23-10-12-28-34(23)27(32-26)37-19-9-7-8-18(15-19)29-24(35)6-2/h6-10,12,14-15H,2,5,11,13,16H2,1,3-4H3,(H,29,35)(H,30,31). The molecule has 0 radical (unpaired) electrons. The van der Waals surface area contributed by atoms with Crippen LogP contribution in [0, 0.1) is 0 Å². The maximum Gasteiger partial charge on any atom is 0.247 e. The number of likely N-dealkylation sites (N-methyl/N-ethyl adjacent to an activating group) is 1. The molecule has 0 saturated carbocycles. The Balaban J connectivity index is 1.51. The van der Waals surface area contributed by atoms with Gasteiger partial charge in [0.05, 0.1) is 19.0 Å². The highest BCUT2D eigenvalue weighted by atomic mass is 32.2. The predicted molar refractivity (Wildman–Crippen MR) is 146 cm³/mol. The van der Waals surface area contributed by atoms with Crippen molar-refractivity contribution in [2.75, 3.05) is 31.3 Å². The van der Waals surface area contributed by atoms with E-state index in [0.717, 1.165) is 42.3 Å². The number of rotatable bonds is 8. The Morgan fingerprint density at radius 2 is 2.14 bits per heavy atom. The average Bonchev–Trinajstić information content (AvgIpc) is 3.37. The van der Waals surface area contributed by atoms with Gasteiger partial charge in [-0.05, 0) is 78.7 Å². The lowest BCUT2D eigenvalue weighted by Gasteiger charge is -2.29. The van der Waals surface area contributed by atoms with E-state index in [9.17, 15) is 4.79 Å². The summed E-state index contributed by atoms with van der Waals surface area (Å²) in [6, 6.07) is 11.5. The SMILES string of the molecule is C=CC(=O)Nc1cccc(Sc2nc(Nc3c(OC)cc4c(c3CC)CCN(C)C4)nc3ccnn23)c1. The van der Waals surface area contributed by atoms with E-state index in [-0.39, 0.29) is 5.91 Å². The zero-order chi connectivity index (χ0) is 25.9. The molecule has 2 aromatic heterocycles. The fraction of sp³-hybridized carbons (Fsp3) is 0.259. The van der Waals surface area contributed by atoms with Gasteiger partial charge in [0.15, 0.2) is 10.8 Å². The minimum Gasteiger partial charge on any atom is -0.495 e. The van der Waals surface area contributed by atoms with Gasteiger partial charge in [-0.15, -0.1) is 0 Å². The normalized spacial score (nSPS) is 13.3. The number of benzene rings is 2. The molecule has 2 N–H and O–H groups in total. The van der Waals surface area contributed by atoms with Crippen LogP contribution < -0.4 is 15.4 Å². The Labute approximate surface area is 220 Å². The van der Waals surface area contributed by atoms with Gasteiger partial charge in [0, 0.05) is 29.7 Å². The Morgan fingerprint density at radius 3 is 2.92 bits per heavy atom. The van der Waals surface area contributed by atoms with Gasteiger partial charge < -0.3 is 20.3 Å². The molecule has 2 aromatic carbocycles. The van der Waals surface area contributed by atoms with Gasteiger partial charge in [-0.1, -0.05) is 19.6 Å². The number of hydrogen-bond donors (Lipinski definition) is 2. The Bertz CT molecular complexity index is 1480. The molecular formula is C27H29N7O2S. The molecule has 37 heavy (non-hydrogen) atoms. The molecule has 5 rings (SSSR count). The molecule has 1 aliphatic heterocycles. The Morgan fingerprint density at radius 1 is 1.27 bits per heavy atom. The third-order valence-electron chi connectivity index (χ3n) is 6.32. The summed E-state index contributed by atoms with van der Waals surface area (Å²) in [5.41, 5.74) is 6.17. The first-order valence-corrected chi connectivity index (χ1v) is 12.9. The van der Waals surface area contributed by atoms with Crippen molar-refractivity contribution in [3.05, 3.63) is 71.9 Å². The van der Waals surface area contributed by atoms with E-state index in [0.29, 0.717) is 22.4 Å². The molecule has 0 saturated heterocycles. The predicted octanol–water partition coefficient (Wildman–Crippen LogP) is 4.70. The van der Waals surface area contributed by atoms with Gasteiger partial charge in [-0.2, -0.15) is 19.6 Å². The number of hydrogen-bond acceptors (Lipinski definition) is 8. The Kier molecular flexibility index (Phi) is 7.11. The lowest BCUT2D eigenvalue weighted by molar-refractivity contribution is -0.111. The summed E-state index contributed by atoms with van der Waals surface area (Å²) in [6.45, 7) is 7.60. The average molecular weight is 516 g/mol. The molecule has 0 atom stereocenters. The second-order valence-corrected chi connectivity index (χ2v) is 9.83. The van der Waals surface area contributed by atoms with E-state index in [1.165, 1.54) is 34.5 Å². The van der Waals surface area contributed by atoms with Crippen molar-refractivity contribution in [2.45, 2.75) is 36.4 Å². The zero-order valence-corrected chi connectivity index (χ0v) is 21.9. The molecule has 0 unspecified atom stereocenters. The largest absolute Gasteiger partial charge is 0.495 e. The molecule has 0 aliphatic carbocycles. The number of amides is 1. The van der Waals surface area contributed by atoms with Crippen molar-refractivity contribution in [1.82, 2.24) is 24.5 Å². The van der Waals surface area contributed by atoms with Crippen molar-refractivity contribution in [3.63, 3.8) is 0 Å². The van der Waals surface area contributed by atoms with Crippen LogP contribution >= 0.6 is 11.8 Å². The molecule has 0 bridgehead atoms. The quantitative estimate of drug-likeness (QED) is 0.326. The number of ether oxygens (including phenoxy) is 1. The van der Waals surface area contributed by atoms with E-state index >= 15 is 0 Å². The molecule has 3 heterocycles. The van der Waals surface area contributed by atoms with Crippen LogP contribution in [-0.2, 0) is 24.2 Å². The fourth-order valence-corrected chi connectivity index (χ4v) is 5.50. The van der Waals surface area contributed by atoms with E-state index in [4.69, 9.17) is 14.7 Å². The van der Waals surface area contributed by atoms with Crippen LogP contribution in [0.2, 0.25) is 0 Å². The number of anilines is 3. The number of nitrogens with one attached hydrogen (secondary N) is 2. The van der Waals surface area contributed by atoms with Crippen molar-refractivity contribution in [2.24, 2.45) is 0 Å². The lowest BCUT2D eigenvalue weighted by Crippen LogP contribution is -2.27. The monoisotopic (exact) mass is 515 g/mol. The fourth-order valence-electron chi connectivity index (χ4n) is 4.59. The number of carbonyl (C=O) groups excluding carboxylic acids is 1. The van der Waals surface area contributed by atoms with Crippen LogP contribution in [0.15, 0.2) is 65.3 Å². The van der Waals surface area contributed by atoms with Crippen molar-refractivity contribution >= 4 is 40.6 Å². The summed E-state index contributed by atoms with van der Waals surface area (Å²) in [7, 11) is 3.84. The second kappa shape index (κ2) is 10.6. The number of fused-ring (bicyclic) bond motifs is 2. The summed E-state index contributed by atoms with van der Waals surface area (Å²) < 4.78 is 7.51. The molecule has 190 valence electrons. The van der Waals surface area contributed by atoms with E-state index in [1.807, 2.05) is 30.3 Å². The Hall–Kier alpha value is -3.89. The minimum absolute atomic E-state index is 0.262. The van der Waals surface area contributed by atoms with Gasteiger partial charge in [0.25, 0.3) is 0 Å². The maximum absolute atomic E-state index is 11.7. The second-order valence-electron chi connectivity index (χ2n) is 8.79. The molecule has 10 heteroatoms. The van der Waals surface area contributed by atoms with E-state index < -0.39 is 0 Å². The topological polar surface area (TPSA) is 96.7 Å². The van der Waals surface area contributed by atoms with Crippen LogP contribution in [0.1, 0.15) is 23.6 Å². The summed E-state index contributed by atoms with van der Waals surface area (Å²) >= 11 is 1.43. The number of aromatic nitrogens is 4. The maximum atomic E-state index is 11.7. The molecule has 0 fully saturated rings. The molecule has 1 amide bonds. The highest BCUT2D eigenvalue weighted by Crippen LogP contribution is 2.38. The number of carbonyl (C=O) groups is 1. The van der Waals surface area contributed by atoms with Crippen LogP contribution in [0.25, 0.3) is 5.65 Å². The molecule has 4 aromatic rings. The highest BCUT2D eigenvalue weighted by Gasteiger charge is 2.23. The van der Waals surface area contributed by atoms with Crippen LogP contribution in [0.4, 0.5) is 17.3 Å². The first-order chi connectivity index (χ1) is 18.0. The van der Waals surface area contributed by atoms with Crippen LogP contribution in [0.3, 0.4) is 0 Å². The van der Waals surface area contributed by atoms with Crippen LogP contribution in [-0.4, -0.2) is 51.1 Å². The first-order valence-electron chi connectivity index (χ1n) is 12.1. The van der Waals surface area contributed by atoms with Gasteiger partial charge in [-0.25, -0.2) is 0 Å². The van der Waals surface area contributed by atoms with Gasteiger partial charge in [0.1, 0.15) is 5.75 Å². The van der Waals surface area contributed by atoms with Crippen molar-refractivity contribution < 1.29 is 9.53 Å². The third-order valence-corrected chi connectivity index (χ3v) is 7.26. The van der Waals surface area contributed by atoms with E-state index in [2.05, 4.69) is 47.2 Å². The molecular weight excluding hydrogens is 486 g/mol.